The number of sulfone groups is 1. The maximum Gasteiger partial charge on any atom is 0.238 e. The van der Waals surface area contributed by atoms with E-state index in [2.05, 4.69) is 16.8 Å². The fourth-order valence-corrected chi connectivity index (χ4v) is 6.05. The molecule has 1 atom stereocenters. The summed E-state index contributed by atoms with van der Waals surface area (Å²) in [5.41, 5.74) is 0. The number of rotatable bonds is 9. The second-order valence-electron chi connectivity index (χ2n) is 6.55. The van der Waals surface area contributed by atoms with Crippen LogP contribution in [0.4, 0.5) is 0 Å². The van der Waals surface area contributed by atoms with Crippen molar-refractivity contribution in [2.24, 2.45) is 5.14 Å². The van der Waals surface area contributed by atoms with E-state index in [9.17, 15) is 16.8 Å². The quantitative estimate of drug-likeness (QED) is 0.336. The van der Waals surface area contributed by atoms with Gasteiger partial charge >= 0.3 is 0 Å². The highest BCUT2D eigenvalue weighted by molar-refractivity contribution is 7.99. The Bertz CT molecular complexity index is 1080. The SMILES string of the molecule is C=CCn1c(SCCOc2ccc(S(N)(=O)=O)cc2)nnc1C1CCS(=O)(=O)C1. The first-order chi connectivity index (χ1) is 13.7. The summed E-state index contributed by atoms with van der Waals surface area (Å²) >= 11 is 1.44. The molecule has 0 spiro atoms. The van der Waals surface area contributed by atoms with Crippen molar-refractivity contribution in [3.05, 3.63) is 42.7 Å². The van der Waals surface area contributed by atoms with Gasteiger partial charge in [0, 0.05) is 18.2 Å². The number of ether oxygens (including phenoxy) is 1. The number of hydrogen-bond donors (Lipinski definition) is 1. The van der Waals surface area contributed by atoms with E-state index >= 15 is 0 Å². The summed E-state index contributed by atoms with van der Waals surface area (Å²) in [6.45, 7) is 4.62. The molecule has 2 aromatic rings. The average molecular weight is 459 g/mol. The molecule has 158 valence electrons. The van der Waals surface area contributed by atoms with E-state index in [1.54, 1.807) is 18.2 Å². The van der Waals surface area contributed by atoms with Gasteiger partial charge in [-0.05, 0) is 30.7 Å². The van der Waals surface area contributed by atoms with E-state index in [1.807, 2.05) is 4.57 Å². The highest BCUT2D eigenvalue weighted by Gasteiger charge is 2.33. The Morgan fingerprint density at radius 1 is 1.31 bits per heavy atom. The molecule has 1 aliphatic heterocycles. The summed E-state index contributed by atoms with van der Waals surface area (Å²) in [4.78, 5) is 0.0261. The normalized spacial score (nSPS) is 18.6. The molecule has 1 unspecified atom stereocenters. The van der Waals surface area contributed by atoms with Gasteiger partial charge in [0.1, 0.15) is 11.6 Å². The molecule has 0 aliphatic carbocycles. The molecule has 1 aromatic heterocycles. The van der Waals surface area contributed by atoms with Crippen molar-refractivity contribution in [2.45, 2.75) is 28.9 Å². The Morgan fingerprint density at radius 3 is 2.62 bits per heavy atom. The number of nitrogens with zero attached hydrogens (tertiary/aromatic N) is 3. The van der Waals surface area contributed by atoms with Gasteiger partial charge in [0.25, 0.3) is 0 Å². The molecule has 0 bridgehead atoms. The van der Waals surface area contributed by atoms with Crippen LogP contribution in [0, 0.1) is 0 Å². The van der Waals surface area contributed by atoms with Crippen LogP contribution in [0.15, 0.2) is 47.0 Å². The van der Waals surface area contributed by atoms with Crippen LogP contribution in [0.3, 0.4) is 0 Å². The largest absolute Gasteiger partial charge is 0.493 e. The van der Waals surface area contributed by atoms with Gasteiger partial charge in [0.15, 0.2) is 15.0 Å². The van der Waals surface area contributed by atoms with Crippen LogP contribution >= 0.6 is 11.8 Å². The van der Waals surface area contributed by atoms with E-state index in [1.165, 1.54) is 23.9 Å². The molecule has 29 heavy (non-hydrogen) atoms. The molecule has 2 heterocycles. The van der Waals surface area contributed by atoms with Crippen molar-refractivity contribution in [3.8, 4) is 5.75 Å². The molecule has 3 rings (SSSR count). The highest BCUT2D eigenvalue weighted by Crippen LogP contribution is 2.30. The van der Waals surface area contributed by atoms with Crippen molar-refractivity contribution in [1.29, 1.82) is 0 Å². The van der Waals surface area contributed by atoms with Crippen LogP contribution in [0.2, 0.25) is 0 Å². The van der Waals surface area contributed by atoms with Gasteiger partial charge in [-0.1, -0.05) is 17.8 Å². The number of sulfonamides is 1. The average Bonchev–Trinajstić information content (AvgIpc) is 3.21. The first kappa shape index (κ1) is 21.8. The van der Waals surface area contributed by atoms with Crippen LogP contribution in [-0.2, 0) is 26.4 Å². The molecule has 2 N–H and O–H groups in total. The minimum atomic E-state index is -3.73. The number of allylic oxidation sites excluding steroid dienone is 1. The first-order valence-electron chi connectivity index (χ1n) is 8.82. The summed E-state index contributed by atoms with van der Waals surface area (Å²) in [5, 5.41) is 14.2. The summed E-state index contributed by atoms with van der Waals surface area (Å²) < 4.78 is 53.6. The van der Waals surface area contributed by atoms with Crippen LogP contribution < -0.4 is 9.88 Å². The van der Waals surface area contributed by atoms with Crippen molar-refractivity contribution < 1.29 is 21.6 Å². The van der Waals surface area contributed by atoms with E-state index < -0.39 is 19.9 Å². The van der Waals surface area contributed by atoms with Gasteiger partial charge in [-0.2, -0.15) is 0 Å². The zero-order valence-corrected chi connectivity index (χ0v) is 18.0. The fraction of sp³-hybridized carbons (Fsp3) is 0.412. The van der Waals surface area contributed by atoms with E-state index in [0.29, 0.717) is 42.1 Å². The summed E-state index contributed by atoms with van der Waals surface area (Å²) in [7, 11) is -6.74. The molecule has 1 fully saturated rings. The number of nitrogens with two attached hydrogens (primary N) is 1. The van der Waals surface area contributed by atoms with Crippen LogP contribution in [0.5, 0.6) is 5.75 Å². The van der Waals surface area contributed by atoms with Crippen molar-refractivity contribution in [2.75, 3.05) is 23.9 Å². The molecular weight excluding hydrogens is 436 g/mol. The minimum Gasteiger partial charge on any atom is -0.493 e. The lowest BCUT2D eigenvalue weighted by atomic mass is 10.1. The lowest BCUT2D eigenvalue weighted by Crippen LogP contribution is -2.12. The van der Waals surface area contributed by atoms with E-state index in [0.717, 1.165) is 0 Å². The topological polar surface area (TPSA) is 134 Å². The van der Waals surface area contributed by atoms with E-state index in [4.69, 9.17) is 9.88 Å². The molecular formula is C17H22N4O5S3. The van der Waals surface area contributed by atoms with Crippen molar-refractivity contribution >= 4 is 31.6 Å². The van der Waals surface area contributed by atoms with E-state index in [-0.39, 0.29) is 22.3 Å². The third kappa shape index (κ3) is 5.59. The second-order valence-corrected chi connectivity index (χ2v) is 11.4. The minimum absolute atomic E-state index is 0.0261. The van der Waals surface area contributed by atoms with Gasteiger partial charge in [-0.15, -0.1) is 16.8 Å². The van der Waals surface area contributed by atoms with Crippen LogP contribution in [0.1, 0.15) is 18.2 Å². The number of hydrogen-bond acceptors (Lipinski definition) is 8. The summed E-state index contributed by atoms with van der Waals surface area (Å²) in [6, 6.07) is 5.87. The molecule has 0 saturated carbocycles. The van der Waals surface area contributed by atoms with Crippen LogP contribution in [0.25, 0.3) is 0 Å². The lowest BCUT2D eigenvalue weighted by Gasteiger charge is -2.11. The van der Waals surface area contributed by atoms with Gasteiger partial charge in [-0.3, -0.25) is 0 Å². The molecule has 12 heteroatoms. The number of primary sulfonamides is 1. The van der Waals surface area contributed by atoms with Gasteiger partial charge in [0.2, 0.25) is 10.0 Å². The molecule has 0 radical (unpaired) electrons. The number of aromatic nitrogens is 3. The predicted molar refractivity (Wildman–Crippen MR) is 110 cm³/mol. The molecule has 9 nitrogen and oxygen atoms in total. The van der Waals surface area contributed by atoms with Gasteiger partial charge < -0.3 is 9.30 Å². The highest BCUT2D eigenvalue weighted by atomic mass is 32.2. The third-order valence-corrected chi connectivity index (χ3v) is 8.02. The zero-order chi connectivity index (χ0) is 21.1. The van der Waals surface area contributed by atoms with Crippen molar-refractivity contribution in [3.63, 3.8) is 0 Å². The predicted octanol–water partition coefficient (Wildman–Crippen LogP) is 1.18. The zero-order valence-electron chi connectivity index (χ0n) is 15.6. The maximum absolute atomic E-state index is 11.8. The Balaban J connectivity index is 1.58. The Morgan fingerprint density at radius 2 is 2.03 bits per heavy atom. The molecule has 0 amide bonds. The number of thioether (sulfide) groups is 1. The maximum atomic E-state index is 11.8. The first-order valence-corrected chi connectivity index (χ1v) is 13.2. The number of benzene rings is 1. The van der Waals surface area contributed by atoms with Gasteiger partial charge in [-0.25, -0.2) is 22.0 Å². The Kier molecular flexibility index (Phi) is 6.66. The second kappa shape index (κ2) is 8.86. The Hall–Kier alpha value is -1.89. The molecule has 1 aromatic carbocycles. The third-order valence-electron chi connectivity index (χ3n) is 4.39. The fourth-order valence-electron chi connectivity index (χ4n) is 3.03. The molecule has 1 saturated heterocycles. The van der Waals surface area contributed by atoms with Crippen LogP contribution in [-0.4, -0.2) is 55.5 Å². The monoisotopic (exact) mass is 458 g/mol. The standard InChI is InChI=1S/C17H22N4O5S3/c1-2-8-21-16(13-7-11-28(22,23)12-13)19-20-17(21)27-10-9-26-14-3-5-15(6-4-14)29(18,24)25/h2-6,13H,1,7-12H2,(H2,18,24,25). The Labute approximate surface area is 174 Å². The summed E-state index contributed by atoms with van der Waals surface area (Å²) in [5.74, 6) is 1.92. The van der Waals surface area contributed by atoms with Crippen molar-refractivity contribution in [1.82, 2.24) is 14.8 Å². The lowest BCUT2D eigenvalue weighted by molar-refractivity contribution is 0.343. The summed E-state index contributed by atoms with van der Waals surface area (Å²) in [6.07, 6.45) is 2.28. The smallest absolute Gasteiger partial charge is 0.238 e. The molecule has 1 aliphatic rings. The van der Waals surface area contributed by atoms with Gasteiger partial charge in [0.05, 0.1) is 23.0 Å².